The van der Waals surface area contributed by atoms with Gasteiger partial charge in [0.25, 0.3) is 0 Å². The zero-order valence-electron chi connectivity index (χ0n) is 19.2. The molecule has 0 bridgehead atoms. The molecule has 170 valence electrons. The van der Waals surface area contributed by atoms with Crippen LogP contribution in [-0.4, -0.2) is 72.5 Å². The standard InChI is InChI=1S/C25H39N5O/c1-3-26-25(28-22-15-19(2)30(18-22)23-9-10-23)27-17-24(31)29-13-11-21(12-14-29)16-20-7-5-4-6-8-20/h4-8,19,21-23H,3,9-18H2,1-2H3,(H2,26,27,28). The first-order chi connectivity index (χ1) is 15.1. The predicted octanol–water partition coefficient (Wildman–Crippen LogP) is 2.65. The Balaban J connectivity index is 1.23. The molecule has 6 heteroatoms. The third-order valence-corrected chi connectivity index (χ3v) is 7.03. The number of guanidine groups is 1. The number of piperidine rings is 1. The molecule has 2 heterocycles. The van der Waals surface area contributed by atoms with E-state index in [1.54, 1.807) is 0 Å². The lowest BCUT2D eigenvalue weighted by atomic mass is 9.90. The predicted molar refractivity (Wildman–Crippen MR) is 126 cm³/mol. The van der Waals surface area contributed by atoms with E-state index in [9.17, 15) is 4.79 Å². The van der Waals surface area contributed by atoms with Gasteiger partial charge in [-0.3, -0.25) is 9.69 Å². The van der Waals surface area contributed by atoms with Gasteiger partial charge in [-0.15, -0.1) is 0 Å². The number of aliphatic imine (C=N–C) groups is 1. The van der Waals surface area contributed by atoms with Crippen LogP contribution < -0.4 is 10.6 Å². The van der Waals surface area contributed by atoms with Crippen molar-refractivity contribution in [1.82, 2.24) is 20.4 Å². The van der Waals surface area contributed by atoms with E-state index in [0.29, 0.717) is 18.0 Å². The minimum Gasteiger partial charge on any atom is -0.357 e. The third kappa shape index (κ3) is 6.22. The average molecular weight is 426 g/mol. The Hall–Kier alpha value is -2.08. The van der Waals surface area contributed by atoms with Crippen LogP contribution in [0.4, 0.5) is 0 Å². The van der Waals surface area contributed by atoms with Crippen molar-refractivity contribution in [3.8, 4) is 0 Å². The molecule has 1 amide bonds. The van der Waals surface area contributed by atoms with E-state index in [2.05, 4.69) is 64.7 Å². The molecule has 2 atom stereocenters. The second kappa shape index (κ2) is 10.5. The molecule has 3 aliphatic rings. The lowest BCUT2D eigenvalue weighted by Gasteiger charge is -2.32. The van der Waals surface area contributed by atoms with Crippen LogP contribution in [0.5, 0.6) is 0 Å². The number of nitrogens with zero attached hydrogens (tertiary/aromatic N) is 3. The molecule has 1 aromatic carbocycles. The van der Waals surface area contributed by atoms with Gasteiger partial charge in [0.15, 0.2) is 5.96 Å². The number of amides is 1. The summed E-state index contributed by atoms with van der Waals surface area (Å²) >= 11 is 0. The molecule has 0 aromatic heterocycles. The van der Waals surface area contributed by atoms with E-state index in [-0.39, 0.29) is 12.5 Å². The highest BCUT2D eigenvalue weighted by atomic mass is 16.2. The minimum absolute atomic E-state index is 0.148. The molecule has 1 saturated carbocycles. The van der Waals surface area contributed by atoms with Gasteiger partial charge in [0.1, 0.15) is 6.54 Å². The van der Waals surface area contributed by atoms with Crippen LogP contribution in [0.3, 0.4) is 0 Å². The fourth-order valence-corrected chi connectivity index (χ4v) is 5.17. The molecule has 31 heavy (non-hydrogen) atoms. The van der Waals surface area contributed by atoms with Gasteiger partial charge in [-0.1, -0.05) is 30.3 Å². The number of carbonyl (C=O) groups excluding carboxylic acids is 1. The summed E-state index contributed by atoms with van der Waals surface area (Å²) in [4.78, 5) is 22.0. The Morgan fingerprint density at radius 2 is 1.87 bits per heavy atom. The van der Waals surface area contributed by atoms with Crippen molar-refractivity contribution in [1.29, 1.82) is 0 Å². The van der Waals surface area contributed by atoms with Crippen molar-refractivity contribution >= 4 is 11.9 Å². The number of hydrogen-bond donors (Lipinski definition) is 2. The molecule has 6 nitrogen and oxygen atoms in total. The molecule has 0 radical (unpaired) electrons. The molecule has 2 saturated heterocycles. The van der Waals surface area contributed by atoms with E-state index in [4.69, 9.17) is 0 Å². The van der Waals surface area contributed by atoms with Gasteiger partial charge in [-0.25, -0.2) is 4.99 Å². The Labute approximate surface area is 187 Å². The fourth-order valence-electron chi connectivity index (χ4n) is 5.17. The molecule has 2 N–H and O–H groups in total. The number of likely N-dealkylation sites (tertiary alicyclic amines) is 2. The second-order valence-corrected chi connectivity index (χ2v) is 9.56. The minimum atomic E-state index is 0.148. The summed E-state index contributed by atoms with van der Waals surface area (Å²) in [7, 11) is 0. The average Bonchev–Trinajstić information content (AvgIpc) is 3.56. The summed E-state index contributed by atoms with van der Waals surface area (Å²) in [6.45, 7) is 8.23. The first-order valence-electron chi connectivity index (χ1n) is 12.2. The summed E-state index contributed by atoms with van der Waals surface area (Å²) in [5.74, 6) is 1.60. The van der Waals surface area contributed by atoms with Gasteiger partial charge in [0, 0.05) is 44.3 Å². The molecule has 4 rings (SSSR count). The normalized spacial score (nSPS) is 25.6. The zero-order valence-corrected chi connectivity index (χ0v) is 19.2. The van der Waals surface area contributed by atoms with Crippen LogP contribution >= 0.6 is 0 Å². The highest BCUT2D eigenvalue weighted by Crippen LogP contribution is 2.33. The maximum Gasteiger partial charge on any atom is 0.244 e. The van der Waals surface area contributed by atoms with E-state index >= 15 is 0 Å². The van der Waals surface area contributed by atoms with E-state index < -0.39 is 0 Å². The van der Waals surface area contributed by atoms with Crippen LogP contribution in [0.1, 0.15) is 51.5 Å². The lowest BCUT2D eigenvalue weighted by molar-refractivity contribution is -0.130. The van der Waals surface area contributed by atoms with Crippen LogP contribution in [0.25, 0.3) is 0 Å². The summed E-state index contributed by atoms with van der Waals surface area (Å²) in [5, 5.41) is 6.91. The number of nitrogens with one attached hydrogen (secondary N) is 2. The second-order valence-electron chi connectivity index (χ2n) is 9.56. The summed E-state index contributed by atoms with van der Waals surface area (Å²) in [6.07, 6.45) is 7.12. The molecule has 1 aromatic rings. The number of carbonyl (C=O) groups is 1. The summed E-state index contributed by atoms with van der Waals surface area (Å²) < 4.78 is 0. The molecule has 0 spiro atoms. The third-order valence-electron chi connectivity index (χ3n) is 7.03. The Morgan fingerprint density at radius 3 is 2.55 bits per heavy atom. The first-order valence-corrected chi connectivity index (χ1v) is 12.2. The molecular formula is C25H39N5O. The maximum absolute atomic E-state index is 12.8. The summed E-state index contributed by atoms with van der Waals surface area (Å²) in [6, 6.07) is 12.5. The quantitative estimate of drug-likeness (QED) is 0.521. The van der Waals surface area contributed by atoms with Crippen molar-refractivity contribution in [2.24, 2.45) is 10.9 Å². The van der Waals surface area contributed by atoms with Crippen LogP contribution in [0.2, 0.25) is 0 Å². The van der Waals surface area contributed by atoms with E-state index in [1.165, 1.54) is 18.4 Å². The Bertz CT molecular complexity index is 740. The molecule has 2 aliphatic heterocycles. The van der Waals surface area contributed by atoms with E-state index in [0.717, 1.165) is 63.9 Å². The zero-order chi connectivity index (χ0) is 21.6. The molecule has 2 unspecified atom stereocenters. The topological polar surface area (TPSA) is 60.0 Å². The van der Waals surface area contributed by atoms with Crippen molar-refractivity contribution < 1.29 is 4.79 Å². The number of benzene rings is 1. The van der Waals surface area contributed by atoms with Crippen molar-refractivity contribution in [3.05, 3.63) is 35.9 Å². The largest absolute Gasteiger partial charge is 0.357 e. The van der Waals surface area contributed by atoms with Gasteiger partial charge in [0.05, 0.1) is 0 Å². The van der Waals surface area contributed by atoms with Crippen molar-refractivity contribution in [2.45, 2.75) is 70.5 Å². The van der Waals surface area contributed by atoms with Gasteiger partial charge in [-0.05, 0) is 63.9 Å². The van der Waals surface area contributed by atoms with Gasteiger partial charge >= 0.3 is 0 Å². The van der Waals surface area contributed by atoms with Crippen molar-refractivity contribution in [3.63, 3.8) is 0 Å². The van der Waals surface area contributed by atoms with E-state index in [1.807, 2.05) is 4.90 Å². The van der Waals surface area contributed by atoms with Gasteiger partial charge in [0.2, 0.25) is 5.91 Å². The van der Waals surface area contributed by atoms with Crippen LogP contribution in [0.15, 0.2) is 35.3 Å². The lowest BCUT2D eigenvalue weighted by Crippen LogP contribution is -2.46. The highest BCUT2D eigenvalue weighted by Gasteiger charge is 2.39. The smallest absolute Gasteiger partial charge is 0.244 e. The molecular weight excluding hydrogens is 386 g/mol. The van der Waals surface area contributed by atoms with Gasteiger partial charge in [-0.2, -0.15) is 0 Å². The molecule has 3 fully saturated rings. The highest BCUT2D eigenvalue weighted by molar-refractivity contribution is 5.85. The first kappa shape index (κ1) is 22.1. The van der Waals surface area contributed by atoms with Gasteiger partial charge < -0.3 is 15.5 Å². The number of hydrogen-bond acceptors (Lipinski definition) is 3. The van der Waals surface area contributed by atoms with Crippen molar-refractivity contribution in [2.75, 3.05) is 32.7 Å². The Morgan fingerprint density at radius 1 is 1.13 bits per heavy atom. The number of rotatable bonds is 7. The summed E-state index contributed by atoms with van der Waals surface area (Å²) in [5.41, 5.74) is 1.40. The Kier molecular flexibility index (Phi) is 7.49. The fraction of sp³-hybridized carbons (Fsp3) is 0.680. The van der Waals surface area contributed by atoms with Crippen LogP contribution in [0, 0.1) is 5.92 Å². The maximum atomic E-state index is 12.8. The monoisotopic (exact) mass is 425 g/mol. The molecule has 1 aliphatic carbocycles. The SMILES string of the molecule is CCNC(=NCC(=O)N1CCC(Cc2ccccc2)CC1)NC1CC(C)N(C2CC2)C1. The van der Waals surface area contributed by atoms with Crippen LogP contribution in [-0.2, 0) is 11.2 Å².